The van der Waals surface area contributed by atoms with Gasteiger partial charge in [-0.3, -0.25) is 29.3 Å². The summed E-state index contributed by atoms with van der Waals surface area (Å²) in [6.45, 7) is 1.67. The summed E-state index contributed by atoms with van der Waals surface area (Å²) >= 11 is 0. The number of hydrogen-bond donors (Lipinski definition) is 0. The van der Waals surface area contributed by atoms with E-state index in [1.807, 2.05) is 6.07 Å². The molecule has 0 unspecified atom stereocenters. The van der Waals surface area contributed by atoms with Gasteiger partial charge in [-0.25, -0.2) is 26.1 Å². The molecular weight excluding hydrogens is 701 g/mol. The molecule has 3 aromatic carbocycles. The van der Waals surface area contributed by atoms with Gasteiger partial charge in [-0.05, 0) is 49.9 Å². The summed E-state index contributed by atoms with van der Waals surface area (Å²) in [4.78, 5) is 21.0. The van der Waals surface area contributed by atoms with Crippen LogP contribution in [0.1, 0.15) is 25.0 Å². The molecule has 0 saturated heterocycles. The Balaban J connectivity index is 1.82. The molecule has 0 radical (unpaired) electrons. The molecule has 1 aliphatic heterocycles. The third kappa shape index (κ3) is 8.95. The summed E-state index contributed by atoms with van der Waals surface area (Å²) in [5.74, 6) is 0. The first-order valence-corrected chi connectivity index (χ1v) is 19.8. The lowest BCUT2D eigenvalue weighted by molar-refractivity contribution is -0.388. The molecule has 266 valence electrons. The normalized spacial score (nSPS) is 16.5. The quantitative estimate of drug-likeness (QED) is 0.152. The number of nitro benzene ring substituents is 2. The zero-order valence-corrected chi connectivity index (χ0v) is 29.5. The van der Waals surface area contributed by atoms with Crippen LogP contribution in [0.4, 0.5) is 11.4 Å². The van der Waals surface area contributed by atoms with E-state index in [-0.39, 0.29) is 65.3 Å². The van der Waals surface area contributed by atoms with Gasteiger partial charge in [0, 0.05) is 51.4 Å². The van der Waals surface area contributed by atoms with Gasteiger partial charge in [0.05, 0.1) is 23.1 Å². The first kappa shape index (κ1) is 38.2. The monoisotopic (exact) mass is 739 g/mol. The number of sulfonamides is 2. The van der Waals surface area contributed by atoms with Crippen LogP contribution >= 0.6 is 7.75 Å². The summed E-state index contributed by atoms with van der Waals surface area (Å²) in [6, 6.07) is 17.1. The van der Waals surface area contributed by atoms with Crippen LogP contribution in [0.25, 0.3) is 0 Å². The fourth-order valence-corrected chi connectivity index (χ4v) is 10.3. The lowest BCUT2D eigenvalue weighted by atomic mass is 10.1. The molecular formula is C30H38N5O11PS2. The summed E-state index contributed by atoms with van der Waals surface area (Å²) < 4.78 is 84.8. The van der Waals surface area contributed by atoms with Gasteiger partial charge in [0.1, 0.15) is 0 Å². The molecule has 3 aromatic rings. The Kier molecular flexibility index (Phi) is 12.8. The van der Waals surface area contributed by atoms with Gasteiger partial charge < -0.3 is 0 Å². The largest absolute Gasteiger partial charge is 0.408 e. The molecule has 0 aromatic heterocycles. The van der Waals surface area contributed by atoms with Crippen LogP contribution in [0.3, 0.4) is 0 Å². The Hall–Kier alpha value is -3.61. The SMILES string of the molecule is CCOP(=O)(OCC)N1CCN(S(=O)(=O)c2ccccc2[N+](=O)[O-])CCc2cccc(c2)CCN(S(=O)(=O)c2ccccc2[N+](=O)[O-])CC1. The fourth-order valence-electron chi connectivity index (χ4n) is 5.42. The molecule has 49 heavy (non-hydrogen) atoms. The second-order valence-electron chi connectivity index (χ2n) is 10.8. The average molecular weight is 740 g/mol. The van der Waals surface area contributed by atoms with Gasteiger partial charge in [0.2, 0.25) is 20.0 Å². The van der Waals surface area contributed by atoms with Crippen LogP contribution in [0.2, 0.25) is 0 Å². The zero-order valence-electron chi connectivity index (χ0n) is 27.0. The molecule has 16 nitrogen and oxygen atoms in total. The highest BCUT2D eigenvalue weighted by molar-refractivity contribution is 7.89. The van der Waals surface area contributed by atoms with Gasteiger partial charge >= 0.3 is 7.75 Å². The van der Waals surface area contributed by atoms with E-state index in [1.165, 1.54) is 28.9 Å². The van der Waals surface area contributed by atoms with Crippen molar-refractivity contribution in [3.63, 3.8) is 0 Å². The number of fused-ring (bicyclic) bond motifs is 2. The summed E-state index contributed by atoms with van der Waals surface area (Å²) in [5, 5.41) is 23.6. The van der Waals surface area contributed by atoms with Crippen LogP contribution in [-0.2, 0) is 46.5 Å². The minimum absolute atomic E-state index is 0.0567. The van der Waals surface area contributed by atoms with E-state index < -0.39 is 58.8 Å². The fraction of sp³-hybridized carbons (Fsp3) is 0.400. The molecule has 0 aliphatic carbocycles. The lowest BCUT2D eigenvalue weighted by Crippen LogP contribution is -2.43. The van der Waals surface area contributed by atoms with Crippen molar-refractivity contribution in [1.29, 1.82) is 0 Å². The van der Waals surface area contributed by atoms with Crippen LogP contribution in [-0.4, -0.2) is 92.4 Å². The molecule has 0 N–H and O–H groups in total. The van der Waals surface area contributed by atoms with Crippen molar-refractivity contribution in [1.82, 2.24) is 13.3 Å². The van der Waals surface area contributed by atoms with Crippen molar-refractivity contribution in [3.8, 4) is 0 Å². The summed E-state index contributed by atoms with van der Waals surface area (Å²) in [7, 11) is -13.1. The smallest absolute Gasteiger partial charge is 0.297 e. The molecule has 4 rings (SSSR count). The van der Waals surface area contributed by atoms with Crippen LogP contribution < -0.4 is 0 Å². The summed E-state index contributed by atoms with van der Waals surface area (Å²) in [5.41, 5.74) is 0.227. The van der Waals surface area contributed by atoms with Crippen LogP contribution in [0.5, 0.6) is 0 Å². The molecule has 1 aliphatic rings. The van der Waals surface area contributed by atoms with Gasteiger partial charge in [0.15, 0.2) is 9.79 Å². The van der Waals surface area contributed by atoms with Crippen molar-refractivity contribution < 1.29 is 40.3 Å². The van der Waals surface area contributed by atoms with E-state index in [4.69, 9.17) is 9.05 Å². The maximum absolute atomic E-state index is 14.1. The highest BCUT2D eigenvalue weighted by Gasteiger charge is 2.38. The van der Waals surface area contributed by atoms with E-state index in [1.54, 1.807) is 32.0 Å². The van der Waals surface area contributed by atoms with E-state index >= 15 is 0 Å². The first-order valence-electron chi connectivity index (χ1n) is 15.4. The van der Waals surface area contributed by atoms with Crippen LogP contribution in [0, 0.1) is 20.2 Å². The Bertz CT molecular complexity index is 1800. The Morgan fingerprint density at radius 2 is 1.06 bits per heavy atom. The first-order chi connectivity index (χ1) is 23.2. The lowest BCUT2D eigenvalue weighted by Gasteiger charge is -2.33. The number of hydrogen-bond acceptors (Lipinski definition) is 11. The van der Waals surface area contributed by atoms with Gasteiger partial charge in [0.25, 0.3) is 11.4 Å². The summed E-state index contributed by atoms with van der Waals surface area (Å²) in [6.07, 6.45) is 0.390. The molecule has 0 atom stereocenters. The topological polar surface area (TPSA) is 200 Å². The number of benzene rings is 3. The Morgan fingerprint density at radius 3 is 1.45 bits per heavy atom. The molecule has 0 fully saturated rings. The second-order valence-corrected chi connectivity index (χ2v) is 16.7. The van der Waals surface area contributed by atoms with Crippen molar-refractivity contribution in [3.05, 3.63) is 104 Å². The molecule has 0 spiro atoms. The molecule has 2 bridgehead atoms. The van der Waals surface area contributed by atoms with Gasteiger partial charge in [-0.2, -0.15) is 8.61 Å². The van der Waals surface area contributed by atoms with Gasteiger partial charge in [-0.1, -0.05) is 48.5 Å². The van der Waals surface area contributed by atoms with E-state index in [0.717, 1.165) is 44.0 Å². The number of para-hydroxylation sites is 2. The van der Waals surface area contributed by atoms with E-state index in [2.05, 4.69) is 0 Å². The van der Waals surface area contributed by atoms with Crippen molar-refractivity contribution in [2.45, 2.75) is 36.5 Å². The number of nitro groups is 2. The predicted octanol–water partition coefficient (Wildman–Crippen LogP) is 4.47. The molecule has 19 heteroatoms. The third-order valence-corrected chi connectivity index (χ3v) is 14.0. The maximum Gasteiger partial charge on any atom is 0.408 e. The highest BCUT2D eigenvalue weighted by atomic mass is 32.2. The Morgan fingerprint density at radius 1 is 0.653 bits per heavy atom. The van der Waals surface area contributed by atoms with Crippen molar-refractivity contribution in [2.24, 2.45) is 0 Å². The van der Waals surface area contributed by atoms with E-state index in [9.17, 15) is 41.6 Å². The van der Waals surface area contributed by atoms with Gasteiger partial charge in [-0.15, -0.1) is 0 Å². The molecule has 0 saturated carbocycles. The average Bonchev–Trinajstić information content (AvgIpc) is 3.06. The third-order valence-electron chi connectivity index (χ3n) is 7.80. The number of nitrogens with zero attached hydrogens (tertiary/aromatic N) is 5. The van der Waals surface area contributed by atoms with E-state index in [0.29, 0.717) is 0 Å². The predicted molar refractivity (Wildman–Crippen MR) is 180 cm³/mol. The van der Waals surface area contributed by atoms with Crippen molar-refractivity contribution in [2.75, 3.05) is 52.5 Å². The molecule has 0 amide bonds. The standard InChI is InChI=1S/C30H38N5O11PS2/c1-3-45-47(40,46-4-2)31-20-22-32(48(41,42)29-14-7-5-12-27(29)34(36)37)18-16-25-10-9-11-26(24-25)17-19-33(23-21-31)49(43,44)30-15-8-6-13-28(30)35(38)39/h5-15,24H,3-4,16-23H2,1-2H3. The maximum atomic E-state index is 14.1. The zero-order chi connectivity index (χ0) is 35.8. The van der Waals surface area contributed by atoms with Crippen LogP contribution in [0.15, 0.2) is 82.6 Å². The second kappa shape index (κ2) is 16.4. The molecule has 1 heterocycles. The minimum atomic E-state index is -4.49. The highest BCUT2D eigenvalue weighted by Crippen LogP contribution is 2.51. The van der Waals surface area contributed by atoms with Crippen molar-refractivity contribution >= 4 is 39.2 Å². The minimum Gasteiger partial charge on any atom is -0.297 e. The Labute approximate surface area is 285 Å². The number of rotatable bonds is 11.